The van der Waals surface area contributed by atoms with Crippen molar-refractivity contribution in [2.24, 2.45) is 5.84 Å². The Morgan fingerprint density at radius 3 is 2.20 bits per heavy atom. The summed E-state index contributed by atoms with van der Waals surface area (Å²) in [5.74, 6) is 5.59. The Bertz CT molecular complexity index is 872. The first-order valence-electron chi connectivity index (χ1n) is 7.21. The topological polar surface area (TPSA) is 85.1 Å². The number of methoxy groups -OCH3 is 2. The minimum absolute atomic E-state index is 0.151. The van der Waals surface area contributed by atoms with Gasteiger partial charge in [-0.25, -0.2) is 10.2 Å². The molecule has 0 atom stereocenters. The lowest BCUT2D eigenvalue weighted by atomic mass is 10.2. The molecule has 25 heavy (non-hydrogen) atoms. The molecule has 0 aliphatic rings. The van der Waals surface area contributed by atoms with E-state index in [9.17, 15) is 12.8 Å². The second kappa shape index (κ2) is 7.16. The van der Waals surface area contributed by atoms with Gasteiger partial charge in [0.25, 0.3) is 10.0 Å². The van der Waals surface area contributed by atoms with Crippen molar-refractivity contribution in [1.82, 2.24) is 0 Å². The van der Waals surface area contributed by atoms with Crippen molar-refractivity contribution in [3.05, 3.63) is 42.2 Å². The number of ether oxygens (including phenoxy) is 2. The molecule has 0 bridgehead atoms. The van der Waals surface area contributed by atoms with Crippen molar-refractivity contribution in [1.29, 1.82) is 0 Å². The molecule has 0 aromatic heterocycles. The van der Waals surface area contributed by atoms with Crippen LogP contribution in [0, 0.1) is 5.82 Å². The van der Waals surface area contributed by atoms with Crippen molar-refractivity contribution in [2.75, 3.05) is 37.6 Å². The second-order valence-corrected chi connectivity index (χ2v) is 7.16. The molecule has 9 heteroatoms. The third kappa shape index (κ3) is 3.62. The molecule has 7 nitrogen and oxygen atoms in total. The smallest absolute Gasteiger partial charge is 0.277 e. The van der Waals surface area contributed by atoms with Crippen LogP contribution in [0.3, 0.4) is 0 Å². The summed E-state index contributed by atoms with van der Waals surface area (Å²) in [6.07, 6.45) is 0. The molecule has 136 valence electrons. The molecule has 2 rings (SSSR count). The van der Waals surface area contributed by atoms with Gasteiger partial charge in [0.2, 0.25) is 0 Å². The molecular weight excluding hydrogens is 349 g/mol. The maximum atomic E-state index is 14.1. The lowest BCUT2D eigenvalue weighted by Gasteiger charge is -2.22. The fraction of sp³-hybridized carbons (Fsp3) is 0.250. The summed E-state index contributed by atoms with van der Waals surface area (Å²) in [5, 5.41) is 0. The zero-order valence-corrected chi connectivity index (χ0v) is 15.2. The number of rotatable bonds is 6. The number of hydrogen-bond acceptors (Lipinski definition) is 6. The molecule has 0 fully saturated rings. The highest BCUT2D eigenvalue weighted by atomic mass is 32.2. The Kier molecular flexibility index (Phi) is 5.39. The minimum Gasteiger partial charge on any atom is -0.493 e. The summed E-state index contributed by atoms with van der Waals surface area (Å²) in [4.78, 5) is 1.56. The van der Waals surface area contributed by atoms with Crippen LogP contribution in [0.25, 0.3) is 0 Å². The van der Waals surface area contributed by atoms with Crippen LogP contribution < -0.4 is 24.6 Å². The van der Waals surface area contributed by atoms with Gasteiger partial charge < -0.3 is 14.4 Å². The Morgan fingerprint density at radius 2 is 1.64 bits per heavy atom. The Balaban J connectivity index is 2.51. The quantitative estimate of drug-likeness (QED) is 0.619. The maximum absolute atomic E-state index is 14.1. The maximum Gasteiger partial charge on any atom is 0.277 e. The number of hydrogen-bond donors (Lipinski definition) is 1. The fourth-order valence-corrected chi connectivity index (χ4v) is 3.29. The van der Waals surface area contributed by atoms with E-state index >= 15 is 0 Å². The van der Waals surface area contributed by atoms with Crippen molar-refractivity contribution < 1.29 is 22.3 Å². The molecule has 0 spiro atoms. The summed E-state index contributed by atoms with van der Waals surface area (Å²) in [5.41, 5.74) is 0.343. The van der Waals surface area contributed by atoms with Crippen LogP contribution >= 0.6 is 0 Å². The van der Waals surface area contributed by atoms with Crippen LogP contribution in [-0.4, -0.2) is 36.7 Å². The number of sulfonamides is 1. The van der Waals surface area contributed by atoms with E-state index in [0.717, 1.165) is 6.07 Å². The first-order chi connectivity index (χ1) is 11.7. The summed E-state index contributed by atoms with van der Waals surface area (Å²) in [6, 6.07) is 8.05. The molecule has 2 aromatic carbocycles. The summed E-state index contributed by atoms with van der Waals surface area (Å²) in [7, 11) is 2.12. The molecule has 0 saturated heterocycles. The standard InChI is InChI=1S/C16H20FN3O4S/c1-19(2)11-5-7-13(17)14(9-11)20(18)25(21,22)12-6-8-15(23-3)16(10-12)24-4/h5-10H,18H2,1-4H3. The summed E-state index contributed by atoms with van der Waals surface area (Å²) >= 11 is 0. The van der Waals surface area contributed by atoms with Crippen LogP contribution in [-0.2, 0) is 10.0 Å². The molecule has 0 aliphatic heterocycles. The molecule has 0 radical (unpaired) electrons. The SMILES string of the molecule is COc1ccc(S(=O)(=O)N(N)c2cc(N(C)C)ccc2F)cc1OC. The molecule has 2 aromatic rings. The van der Waals surface area contributed by atoms with Gasteiger partial charge >= 0.3 is 0 Å². The van der Waals surface area contributed by atoms with E-state index in [0.29, 0.717) is 15.9 Å². The molecule has 0 saturated carbocycles. The van der Waals surface area contributed by atoms with E-state index in [4.69, 9.17) is 15.3 Å². The Labute approximate surface area is 146 Å². The predicted octanol–water partition coefficient (Wildman–Crippen LogP) is 1.98. The lowest BCUT2D eigenvalue weighted by molar-refractivity contribution is 0.354. The average Bonchev–Trinajstić information content (AvgIpc) is 2.60. The largest absolute Gasteiger partial charge is 0.493 e. The highest BCUT2D eigenvalue weighted by molar-refractivity contribution is 7.92. The van der Waals surface area contributed by atoms with E-state index in [1.165, 1.54) is 44.6 Å². The van der Waals surface area contributed by atoms with Gasteiger partial charge in [-0.3, -0.25) is 0 Å². The second-order valence-electron chi connectivity index (χ2n) is 5.35. The fourth-order valence-electron chi connectivity index (χ4n) is 2.17. The van der Waals surface area contributed by atoms with Gasteiger partial charge in [0.05, 0.1) is 19.1 Å². The van der Waals surface area contributed by atoms with Gasteiger partial charge in [-0.1, -0.05) is 0 Å². The number of nitrogens with two attached hydrogens (primary N) is 1. The molecule has 0 amide bonds. The van der Waals surface area contributed by atoms with Crippen LogP contribution in [0.1, 0.15) is 0 Å². The number of hydrazine groups is 1. The minimum atomic E-state index is -4.20. The third-order valence-electron chi connectivity index (χ3n) is 3.60. The zero-order chi connectivity index (χ0) is 18.8. The molecule has 2 N–H and O–H groups in total. The molecule has 0 aliphatic carbocycles. The molecule has 0 unspecified atom stereocenters. The highest BCUT2D eigenvalue weighted by Gasteiger charge is 2.26. The van der Waals surface area contributed by atoms with Gasteiger partial charge in [-0.2, -0.15) is 12.8 Å². The average molecular weight is 369 g/mol. The third-order valence-corrected chi connectivity index (χ3v) is 5.16. The van der Waals surface area contributed by atoms with Gasteiger partial charge in [0.1, 0.15) is 11.5 Å². The van der Waals surface area contributed by atoms with Gasteiger partial charge in [0, 0.05) is 25.8 Å². The van der Waals surface area contributed by atoms with Gasteiger partial charge in [0.15, 0.2) is 11.5 Å². The van der Waals surface area contributed by atoms with E-state index in [1.54, 1.807) is 19.0 Å². The van der Waals surface area contributed by atoms with Crippen LogP contribution in [0.4, 0.5) is 15.8 Å². The summed E-state index contributed by atoms with van der Waals surface area (Å²) < 4.78 is 50.3. The highest BCUT2D eigenvalue weighted by Crippen LogP contribution is 2.32. The van der Waals surface area contributed by atoms with Crippen molar-refractivity contribution in [3.63, 3.8) is 0 Å². The first kappa shape index (κ1) is 18.8. The van der Waals surface area contributed by atoms with Gasteiger partial charge in [-0.05, 0) is 30.3 Å². The van der Waals surface area contributed by atoms with Crippen molar-refractivity contribution >= 4 is 21.4 Å². The number of nitrogens with zero attached hydrogens (tertiary/aromatic N) is 2. The van der Waals surface area contributed by atoms with Crippen LogP contribution in [0.15, 0.2) is 41.3 Å². The number of benzene rings is 2. The van der Waals surface area contributed by atoms with Crippen LogP contribution in [0.5, 0.6) is 11.5 Å². The monoisotopic (exact) mass is 369 g/mol. The van der Waals surface area contributed by atoms with E-state index in [2.05, 4.69) is 0 Å². The van der Waals surface area contributed by atoms with E-state index in [-0.39, 0.29) is 16.3 Å². The van der Waals surface area contributed by atoms with E-state index < -0.39 is 15.8 Å². The lowest BCUT2D eigenvalue weighted by Crippen LogP contribution is -2.38. The predicted molar refractivity (Wildman–Crippen MR) is 94.1 cm³/mol. The van der Waals surface area contributed by atoms with Crippen LogP contribution in [0.2, 0.25) is 0 Å². The zero-order valence-electron chi connectivity index (χ0n) is 14.4. The summed E-state index contributed by atoms with van der Waals surface area (Å²) in [6.45, 7) is 0. The number of anilines is 2. The van der Waals surface area contributed by atoms with Gasteiger partial charge in [-0.15, -0.1) is 0 Å². The molecular formula is C16H20FN3O4S. The molecule has 0 heterocycles. The number of halogens is 1. The van der Waals surface area contributed by atoms with Crippen molar-refractivity contribution in [2.45, 2.75) is 4.90 Å². The first-order valence-corrected chi connectivity index (χ1v) is 8.65. The van der Waals surface area contributed by atoms with E-state index in [1.807, 2.05) is 0 Å². The Morgan fingerprint density at radius 1 is 1.00 bits per heavy atom. The van der Waals surface area contributed by atoms with Crippen molar-refractivity contribution in [3.8, 4) is 11.5 Å². The Hall–Kier alpha value is -2.52. The normalized spacial score (nSPS) is 11.1.